The summed E-state index contributed by atoms with van der Waals surface area (Å²) in [6.07, 6.45) is 6.17. The second kappa shape index (κ2) is 11.2. The minimum Gasteiger partial charge on any atom is -0.481 e. The second-order valence-corrected chi connectivity index (χ2v) is 6.97. The SMILES string of the molecule is O=C(O)CC(NC(=O)CCCNC(=O)NC1CCCCC1)c1ccccc1. The molecule has 0 aromatic heterocycles. The fourth-order valence-corrected chi connectivity index (χ4v) is 3.31. The predicted molar refractivity (Wildman–Crippen MR) is 102 cm³/mol. The van der Waals surface area contributed by atoms with E-state index in [4.69, 9.17) is 5.11 Å². The number of rotatable bonds is 9. The summed E-state index contributed by atoms with van der Waals surface area (Å²) in [5.74, 6) is -1.19. The third kappa shape index (κ3) is 8.11. The molecule has 7 nitrogen and oxygen atoms in total. The van der Waals surface area contributed by atoms with Crippen molar-refractivity contribution < 1.29 is 19.5 Å². The third-order valence-corrected chi connectivity index (χ3v) is 4.72. The summed E-state index contributed by atoms with van der Waals surface area (Å²) in [4.78, 5) is 35.0. The average Bonchev–Trinajstić information content (AvgIpc) is 2.66. The van der Waals surface area contributed by atoms with Gasteiger partial charge in [-0.3, -0.25) is 9.59 Å². The highest BCUT2D eigenvalue weighted by Crippen LogP contribution is 2.17. The van der Waals surface area contributed by atoms with Gasteiger partial charge in [0.1, 0.15) is 0 Å². The number of carboxylic acid groups (broad SMARTS) is 1. The maximum atomic E-state index is 12.1. The molecule has 0 bridgehead atoms. The van der Waals surface area contributed by atoms with Gasteiger partial charge in [-0.05, 0) is 24.8 Å². The number of carbonyl (C=O) groups excluding carboxylic acids is 2. The van der Waals surface area contributed by atoms with Crippen LogP contribution in [0.1, 0.15) is 63.0 Å². The average molecular weight is 375 g/mol. The summed E-state index contributed by atoms with van der Waals surface area (Å²) in [5.41, 5.74) is 0.762. The molecule has 27 heavy (non-hydrogen) atoms. The van der Waals surface area contributed by atoms with Crippen molar-refractivity contribution in [1.82, 2.24) is 16.0 Å². The van der Waals surface area contributed by atoms with Gasteiger partial charge in [-0.1, -0.05) is 49.6 Å². The van der Waals surface area contributed by atoms with E-state index in [1.54, 1.807) is 12.1 Å². The van der Waals surface area contributed by atoms with Gasteiger partial charge in [0.15, 0.2) is 0 Å². The van der Waals surface area contributed by atoms with E-state index < -0.39 is 12.0 Å². The maximum Gasteiger partial charge on any atom is 0.315 e. The Morgan fingerprint density at radius 1 is 1.07 bits per heavy atom. The molecule has 7 heteroatoms. The molecule has 1 aromatic carbocycles. The van der Waals surface area contributed by atoms with Crippen LogP contribution in [0.3, 0.4) is 0 Å². The molecular formula is C20H29N3O4. The first-order chi connectivity index (χ1) is 13.0. The van der Waals surface area contributed by atoms with Gasteiger partial charge in [0.25, 0.3) is 0 Å². The van der Waals surface area contributed by atoms with Crippen LogP contribution in [-0.4, -0.2) is 35.6 Å². The van der Waals surface area contributed by atoms with Crippen molar-refractivity contribution in [2.75, 3.05) is 6.54 Å². The Morgan fingerprint density at radius 3 is 2.44 bits per heavy atom. The molecular weight excluding hydrogens is 346 g/mol. The van der Waals surface area contributed by atoms with Crippen molar-refractivity contribution in [2.24, 2.45) is 0 Å². The number of carboxylic acids is 1. The lowest BCUT2D eigenvalue weighted by Crippen LogP contribution is -2.43. The normalized spacial score (nSPS) is 15.6. The van der Waals surface area contributed by atoms with Gasteiger partial charge in [0.2, 0.25) is 5.91 Å². The molecule has 2 rings (SSSR count). The van der Waals surface area contributed by atoms with Crippen molar-refractivity contribution in [3.05, 3.63) is 35.9 Å². The topological polar surface area (TPSA) is 108 Å². The van der Waals surface area contributed by atoms with Gasteiger partial charge in [-0.2, -0.15) is 0 Å². The van der Waals surface area contributed by atoms with Crippen molar-refractivity contribution in [3.8, 4) is 0 Å². The van der Waals surface area contributed by atoms with Crippen LogP contribution in [0.4, 0.5) is 4.79 Å². The zero-order chi connectivity index (χ0) is 19.5. The van der Waals surface area contributed by atoms with Crippen molar-refractivity contribution in [2.45, 2.75) is 63.5 Å². The fourth-order valence-electron chi connectivity index (χ4n) is 3.31. The summed E-state index contributed by atoms with van der Waals surface area (Å²) in [6, 6.07) is 8.57. The van der Waals surface area contributed by atoms with Crippen LogP contribution in [0.25, 0.3) is 0 Å². The van der Waals surface area contributed by atoms with Gasteiger partial charge >= 0.3 is 12.0 Å². The van der Waals surface area contributed by atoms with E-state index in [1.807, 2.05) is 18.2 Å². The number of urea groups is 1. The van der Waals surface area contributed by atoms with Crippen LogP contribution in [0, 0.1) is 0 Å². The van der Waals surface area contributed by atoms with Gasteiger partial charge < -0.3 is 21.1 Å². The first-order valence-electron chi connectivity index (χ1n) is 9.65. The van der Waals surface area contributed by atoms with Crippen LogP contribution >= 0.6 is 0 Å². The van der Waals surface area contributed by atoms with E-state index >= 15 is 0 Å². The standard InChI is InChI=1S/C20H29N3O4/c24-18(23-17(14-19(25)26)15-8-3-1-4-9-15)12-7-13-21-20(27)22-16-10-5-2-6-11-16/h1,3-4,8-9,16-17H,2,5-7,10-14H2,(H,23,24)(H,25,26)(H2,21,22,27). The number of hydrogen-bond acceptors (Lipinski definition) is 3. The minimum atomic E-state index is -0.967. The summed E-state index contributed by atoms with van der Waals surface area (Å²) in [7, 11) is 0. The van der Waals surface area contributed by atoms with E-state index in [0.717, 1.165) is 31.2 Å². The molecule has 148 valence electrons. The van der Waals surface area contributed by atoms with Crippen LogP contribution in [0.15, 0.2) is 30.3 Å². The van der Waals surface area contributed by atoms with Crippen LogP contribution < -0.4 is 16.0 Å². The first-order valence-corrected chi connectivity index (χ1v) is 9.65. The minimum absolute atomic E-state index is 0.169. The van der Waals surface area contributed by atoms with Crippen LogP contribution in [0.2, 0.25) is 0 Å². The molecule has 0 saturated heterocycles. The molecule has 0 heterocycles. The Morgan fingerprint density at radius 2 is 1.78 bits per heavy atom. The monoisotopic (exact) mass is 375 g/mol. The number of benzene rings is 1. The third-order valence-electron chi connectivity index (χ3n) is 4.72. The van der Waals surface area contributed by atoms with E-state index in [9.17, 15) is 14.4 Å². The van der Waals surface area contributed by atoms with Gasteiger partial charge in [-0.15, -0.1) is 0 Å². The van der Waals surface area contributed by atoms with E-state index in [0.29, 0.717) is 13.0 Å². The molecule has 1 aliphatic rings. The lowest BCUT2D eigenvalue weighted by atomic mass is 9.96. The zero-order valence-electron chi connectivity index (χ0n) is 15.6. The molecule has 4 N–H and O–H groups in total. The first kappa shape index (κ1) is 20.7. The molecule has 0 radical (unpaired) electrons. The number of carbonyl (C=O) groups is 3. The zero-order valence-corrected chi connectivity index (χ0v) is 15.6. The molecule has 1 fully saturated rings. The summed E-state index contributed by atoms with van der Waals surface area (Å²) in [6.45, 7) is 0.404. The van der Waals surface area contributed by atoms with Gasteiger partial charge in [-0.25, -0.2) is 4.79 Å². The lowest BCUT2D eigenvalue weighted by Gasteiger charge is -2.22. The maximum absolute atomic E-state index is 12.1. The Kier molecular flexibility index (Phi) is 8.61. The highest BCUT2D eigenvalue weighted by molar-refractivity contribution is 5.78. The number of hydrogen-bond donors (Lipinski definition) is 4. The molecule has 1 unspecified atom stereocenters. The van der Waals surface area contributed by atoms with Crippen molar-refractivity contribution >= 4 is 17.9 Å². The predicted octanol–water partition coefficient (Wildman–Crippen LogP) is 2.73. The number of nitrogens with one attached hydrogen (secondary N) is 3. The Labute approximate surface area is 159 Å². The largest absolute Gasteiger partial charge is 0.481 e. The second-order valence-electron chi connectivity index (χ2n) is 6.97. The molecule has 1 aromatic rings. The summed E-state index contributed by atoms with van der Waals surface area (Å²) < 4.78 is 0. The van der Waals surface area contributed by atoms with Crippen LogP contribution in [-0.2, 0) is 9.59 Å². The van der Waals surface area contributed by atoms with Crippen molar-refractivity contribution in [1.29, 1.82) is 0 Å². The summed E-state index contributed by atoms with van der Waals surface area (Å²) >= 11 is 0. The van der Waals surface area contributed by atoms with E-state index in [1.165, 1.54) is 6.42 Å². The molecule has 1 atom stereocenters. The highest BCUT2D eigenvalue weighted by Gasteiger charge is 2.18. The number of amides is 3. The lowest BCUT2D eigenvalue weighted by molar-refractivity contribution is -0.137. The van der Waals surface area contributed by atoms with E-state index in [-0.39, 0.29) is 30.8 Å². The Bertz CT molecular complexity index is 615. The highest BCUT2D eigenvalue weighted by atomic mass is 16.4. The molecule has 3 amide bonds. The molecule has 0 aliphatic heterocycles. The Hall–Kier alpha value is -2.57. The summed E-state index contributed by atoms with van der Waals surface area (Å²) in [5, 5.41) is 17.6. The van der Waals surface area contributed by atoms with E-state index in [2.05, 4.69) is 16.0 Å². The number of aliphatic carboxylic acids is 1. The van der Waals surface area contributed by atoms with Crippen LogP contribution in [0.5, 0.6) is 0 Å². The molecule has 1 saturated carbocycles. The fraction of sp³-hybridized carbons (Fsp3) is 0.550. The van der Waals surface area contributed by atoms with Crippen molar-refractivity contribution in [3.63, 3.8) is 0 Å². The molecule has 1 aliphatic carbocycles. The smallest absolute Gasteiger partial charge is 0.315 e. The van der Waals surface area contributed by atoms with Gasteiger partial charge in [0.05, 0.1) is 12.5 Å². The Balaban J connectivity index is 1.67. The van der Waals surface area contributed by atoms with Gasteiger partial charge in [0, 0.05) is 19.0 Å². The molecule has 0 spiro atoms. The quantitative estimate of drug-likeness (QED) is 0.498.